The Bertz CT molecular complexity index is 196. The molecule has 0 aliphatic rings. The van der Waals surface area contributed by atoms with E-state index in [4.69, 9.17) is 0 Å². The zero-order valence-corrected chi connectivity index (χ0v) is 19.3. The maximum absolute atomic E-state index is 2.29. The Morgan fingerprint density at radius 1 is 0.364 bits per heavy atom. The molecule has 0 aromatic rings. The van der Waals surface area contributed by atoms with Crippen molar-refractivity contribution in [3.8, 4) is 0 Å². The largest absolute Gasteiger partial charge is 1.00 e. The smallest absolute Gasteiger partial charge is 0.0780 e. The summed E-state index contributed by atoms with van der Waals surface area (Å²) in [7, 11) is 13.7. The van der Waals surface area contributed by atoms with Gasteiger partial charge in [-0.1, -0.05) is 38.5 Å². The van der Waals surface area contributed by atoms with E-state index < -0.39 is 0 Å². The Morgan fingerprint density at radius 2 is 0.545 bits per heavy atom. The summed E-state index contributed by atoms with van der Waals surface area (Å²) in [6.07, 6.45) is 14.4. The van der Waals surface area contributed by atoms with Crippen LogP contribution in [0, 0.1) is 0 Å². The molecule has 22 heavy (non-hydrogen) atoms. The second kappa shape index (κ2) is 15.4. The average molecular weight is 446 g/mol. The molecule has 0 heterocycles. The van der Waals surface area contributed by atoms with Gasteiger partial charge in [0.05, 0.1) is 55.4 Å². The highest BCUT2D eigenvalue weighted by Crippen LogP contribution is 2.11. The number of halogens is 2. The topological polar surface area (TPSA) is 0 Å². The number of hydrogen-bond donors (Lipinski definition) is 0. The molecule has 0 saturated carbocycles. The number of nitrogens with zero attached hydrogens (tertiary/aromatic N) is 2. The van der Waals surface area contributed by atoms with Crippen LogP contribution >= 0.6 is 0 Å². The molecule has 0 amide bonds. The average Bonchev–Trinajstić information content (AvgIpc) is 2.27. The van der Waals surface area contributed by atoms with Crippen molar-refractivity contribution in [1.82, 2.24) is 0 Å². The normalized spacial score (nSPS) is 11.7. The standard InChI is InChI=1S/C18H42N2.2BrH/c1-19(2,3)17-15-13-11-9-7-8-10-12-14-16-18-20(4,5)6;;/h7-18H2,1-6H3;2*1H/q+2;;/p-2. The lowest BCUT2D eigenvalue weighted by molar-refractivity contribution is -0.870. The molecule has 0 aromatic heterocycles. The van der Waals surface area contributed by atoms with E-state index in [2.05, 4.69) is 42.3 Å². The summed E-state index contributed by atoms with van der Waals surface area (Å²) in [6.45, 7) is 2.65. The Kier molecular flexibility index (Phi) is 19.4. The zero-order chi connectivity index (χ0) is 15.5. The molecule has 2 nitrogen and oxygen atoms in total. The second-order valence-corrected chi connectivity index (χ2v) is 8.56. The SMILES string of the molecule is C[N+](C)(C)CCCCCCCCCCCC[N+](C)(C)C.[Br-].[Br-]. The van der Waals surface area contributed by atoms with Gasteiger partial charge < -0.3 is 42.9 Å². The molecule has 0 spiro atoms. The third-order valence-electron chi connectivity index (χ3n) is 3.91. The molecule has 0 saturated heterocycles. The minimum atomic E-state index is 0. The molecule has 0 fully saturated rings. The summed E-state index contributed by atoms with van der Waals surface area (Å²) >= 11 is 0. The summed E-state index contributed by atoms with van der Waals surface area (Å²) in [5.41, 5.74) is 0. The van der Waals surface area contributed by atoms with Gasteiger partial charge in [-0.3, -0.25) is 0 Å². The van der Waals surface area contributed by atoms with Gasteiger partial charge in [0, 0.05) is 0 Å². The van der Waals surface area contributed by atoms with Crippen LogP contribution in [0.1, 0.15) is 64.2 Å². The predicted molar refractivity (Wildman–Crippen MR) is 92.0 cm³/mol. The van der Waals surface area contributed by atoms with E-state index in [1.807, 2.05) is 0 Å². The van der Waals surface area contributed by atoms with Crippen LogP contribution in [-0.2, 0) is 0 Å². The number of hydrogen-bond acceptors (Lipinski definition) is 0. The molecule has 0 rings (SSSR count). The summed E-state index contributed by atoms with van der Waals surface area (Å²) in [4.78, 5) is 0. The molecule has 0 aliphatic carbocycles. The Hall–Kier alpha value is 0.880. The Balaban J connectivity index is -0.00000180. The van der Waals surface area contributed by atoms with E-state index in [0.29, 0.717) is 0 Å². The van der Waals surface area contributed by atoms with Crippen molar-refractivity contribution >= 4 is 0 Å². The maximum atomic E-state index is 2.29. The van der Waals surface area contributed by atoms with E-state index in [1.54, 1.807) is 0 Å². The van der Waals surface area contributed by atoms with Gasteiger partial charge in [-0.15, -0.1) is 0 Å². The molecule has 0 radical (unpaired) electrons. The highest BCUT2D eigenvalue weighted by atomic mass is 79.9. The van der Waals surface area contributed by atoms with Gasteiger partial charge in [-0.05, 0) is 25.7 Å². The van der Waals surface area contributed by atoms with Crippen LogP contribution in [0.5, 0.6) is 0 Å². The van der Waals surface area contributed by atoms with Gasteiger partial charge in [-0.25, -0.2) is 0 Å². The second-order valence-electron chi connectivity index (χ2n) is 8.56. The van der Waals surface area contributed by atoms with Crippen LogP contribution in [0.4, 0.5) is 0 Å². The molecule has 0 N–H and O–H groups in total. The molecule has 0 aliphatic heterocycles. The van der Waals surface area contributed by atoms with Gasteiger partial charge >= 0.3 is 0 Å². The molecular formula is C18H42Br2N2. The first-order valence-electron chi connectivity index (χ1n) is 8.82. The Morgan fingerprint density at radius 3 is 0.727 bits per heavy atom. The van der Waals surface area contributed by atoms with Crippen LogP contribution in [0.25, 0.3) is 0 Å². The van der Waals surface area contributed by atoms with Gasteiger partial charge in [0.15, 0.2) is 0 Å². The van der Waals surface area contributed by atoms with Crippen LogP contribution in [0.15, 0.2) is 0 Å². The summed E-state index contributed by atoms with van der Waals surface area (Å²) < 4.78 is 2.24. The highest BCUT2D eigenvalue weighted by molar-refractivity contribution is 4.48. The van der Waals surface area contributed by atoms with Crippen molar-refractivity contribution in [2.45, 2.75) is 64.2 Å². The molecule has 0 aromatic carbocycles. The predicted octanol–water partition coefficient (Wildman–Crippen LogP) is -1.69. The molecular weight excluding hydrogens is 404 g/mol. The maximum Gasteiger partial charge on any atom is 0.0780 e. The fourth-order valence-electron chi connectivity index (χ4n) is 2.59. The van der Waals surface area contributed by atoms with Gasteiger partial charge in [0.2, 0.25) is 0 Å². The van der Waals surface area contributed by atoms with Crippen molar-refractivity contribution in [3.63, 3.8) is 0 Å². The zero-order valence-electron chi connectivity index (χ0n) is 16.1. The van der Waals surface area contributed by atoms with Crippen molar-refractivity contribution in [3.05, 3.63) is 0 Å². The lowest BCUT2D eigenvalue weighted by Crippen LogP contribution is -3.00. The lowest BCUT2D eigenvalue weighted by atomic mass is 10.1. The summed E-state index contributed by atoms with van der Waals surface area (Å²) in [6, 6.07) is 0. The quantitative estimate of drug-likeness (QED) is 0.234. The summed E-state index contributed by atoms with van der Waals surface area (Å²) in [5.74, 6) is 0. The van der Waals surface area contributed by atoms with Crippen molar-refractivity contribution in [2.24, 2.45) is 0 Å². The first-order chi connectivity index (χ1) is 9.21. The molecule has 4 heteroatoms. The fraction of sp³-hybridized carbons (Fsp3) is 1.00. The minimum absolute atomic E-state index is 0. The van der Waals surface area contributed by atoms with E-state index in [1.165, 1.54) is 77.3 Å². The van der Waals surface area contributed by atoms with Gasteiger partial charge in [0.1, 0.15) is 0 Å². The molecule has 0 bridgehead atoms. The lowest BCUT2D eigenvalue weighted by Gasteiger charge is -2.23. The number of rotatable bonds is 13. The monoisotopic (exact) mass is 444 g/mol. The molecule has 0 atom stereocenters. The molecule has 0 unspecified atom stereocenters. The first kappa shape index (κ1) is 27.7. The summed E-state index contributed by atoms with van der Waals surface area (Å²) in [5, 5.41) is 0. The van der Waals surface area contributed by atoms with Gasteiger partial charge in [-0.2, -0.15) is 0 Å². The minimum Gasteiger partial charge on any atom is -1.00 e. The van der Waals surface area contributed by atoms with Crippen molar-refractivity contribution in [1.29, 1.82) is 0 Å². The van der Waals surface area contributed by atoms with E-state index in [-0.39, 0.29) is 34.0 Å². The highest BCUT2D eigenvalue weighted by Gasteiger charge is 2.06. The van der Waals surface area contributed by atoms with Crippen LogP contribution in [-0.4, -0.2) is 64.3 Å². The molecule has 138 valence electrons. The number of quaternary nitrogens is 2. The van der Waals surface area contributed by atoms with Crippen molar-refractivity contribution < 1.29 is 42.9 Å². The number of unbranched alkanes of at least 4 members (excludes halogenated alkanes) is 9. The fourth-order valence-corrected chi connectivity index (χ4v) is 2.59. The van der Waals surface area contributed by atoms with Crippen LogP contribution in [0.3, 0.4) is 0 Å². The third kappa shape index (κ3) is 25.8. The van der Waals surface area contributed by atoms with E-state index in [0.717, 1.165) is 8.97 Å². The van der Waals surface area contributed by atoms with Crippen LogP contribution < -0.4 is 34.0 Å². The van der Waals surface area contributed by atoms with E-state index in [9.17, 15) is 0 Å². The Labute approximate surface area is 162 Å². The van der Waals surface area contributed by atoms with Crippen molar-refractivity contribution in [2.75, 3.05) is 55.4 Å². The first-order valence-corrected chi connectivity index (χ1v) is 8.82. The third-order valence-corrected chi connectivity index (χ3v) is 3.91. The van der Waals surface area contributed by atoms with Gasteiger partial charge in [0.25, 0.3) is 0 Å². The van der Waals surface area contributed by atoms with Crippen LogP contribution in [0.2, 0.25) is 0 Å². The van der Waals surface area contributed by atoms with E-state index >= 15 is 0 Å².